The third kappa shape index (κ3) is 3.02. The average molecular weight is 282 g/mol. The summed E-state index contributed by atoms with van der Waals surface area (Å²) in [5.41, 5.74) is 4.86. The van der Waals surface area contributed by atoms with Gasteiger partial charge in [-0.05, 0) is 30.4 Å². The second-order valence-electron chi connectivity index (χ2n) is 7.23. The van der Waals surface area contributed by atoms with Crippen molar-refractivity contribution in [1.82, 2.24) is 0 Å². The monoisotopic (exact) mass is 282 g/mol. The highest BCUT2D eigenvalue weighted by Crippen LogP contribution is 2.45. The summed E-state index contributed by atoms with van der Waals surface area (Å²) in [4.78, 5) is 12.8. The fraction of sp³-hybridized carbons (Fsp3) is 0.450. The van der Waals surface area contributed by atoms with Crippen molar-refractivity contribution in [2.45, 2.75) is 41.5 Å². The minimum Gasteiger partial charge on any atom is -0.294 e. The average Bonchev–Trinajstić information content (AvgIpc) is 2.74. The molecule has 2 atom stereocenters. The molecule has 1 aromatic carbocycles. The van der Waals surface area contributed by atoms with Crippen molar-refractivity contribution in [3.63, 3.8) is 0 Å². The van der Waals surface area contributed by atoms with Gasteiger partial charge in [0, 0.05) is 17.4 Å². The van der Waals surface area contributed by atoms with Crippen molar-refractivity contribution in [3.8, 4) is 0 Å². The molecular formula is C20H26O. The van der Waals surface area contributed by atoms with Crippen LogP contribution in [0.25, 0.3) is 0 Å². The Morgan fingerprint density at radius 2 is 1.67 bits per heavy atom. The van der Waals surface area contributed by atoms with E-state index in [1.807, 2.05) is 30.3 Å². The van der Waals surface area contributed by atoms with Crippen LogP contribution in [0.2, 0.25) is 0 Å². The number of hydrogen-bond donors (Lipinski definition) is 0. The van der Waals surface area contributed by atoms with E-state index in [0.717, 1.165) is 5.56 Å². The van der Waals surface area contributed by atoms with Gasteiger partial charge in [0.2, 0.25) is 0 Å². The van der Waals surface area contributed by atoms with Crippen LogP contribution in [0, 0.1) is 17.3 Å². The Hall–Kier alpha value is -1.63. The predicted molar refractivity (Wildman–Crippen MR) is 89.3 cm³/mol. The largest absolute Gasteiger partial charge is 0.294 e. The minimum absolute atomic E-state index is 0.0645. The number of ketones is 1. The normalized spacial score (nSPS) is 20.5. The van der Waals surface area contributed by atoms with Crippen molar-refractivity contribution in [1.29, 1.82) is 0 Å². The van der Waals surface area contributed by atoms with E-state index in [4.69, 9.17) is 0 Å². The summed E-state index contributed by atoms with van der Waals surface area (Å²) in [6.07, 6.45) is 2.33. The van der Waals surface area contributed by atoms with Crippen LogP contribution in [0.4, 0.5) is 0 Å². The lowest BCUT2D eigenvalue weighted by Crippen LogP contribution is -2.26. The van der Waals surface area contributed by atoms with Gasteiger partial charge in [-0.3, -0.25) is 4.79 Å². The Morgan fingerprint density at radius 3 is 2.19 bits per heavy atom. The molecule has 0 fully saturated rings. The molecule has 112 valence electrons. The van der Waals surface area contributed by atoms with Crippen molar-refractivity contribution >= 4 is 5.78 Å². The zero-order valence-corrected chi connectivity index (χ0v) is 14.0. The summed E-state index contributed by atoms with van der Waals surface area (Å²) >= 11 is 0. The van der Waals surface area contributed by atoms with Crippen LogP contribution < -0.4 is 0 Å². The lowest BCUT2D eigenvalue weighted by molar-refractivity contribution is 0.0939. The van der Waals surface area contributed by atoms with Crippen LogP contribution >= 0.6 is 0 Å². The van der Waals surface area contributed by atoms with E-state index in [0.29, 0.717) is 5.92 Å². The number of carbonyl (C=O) groups excluding carboxylic acids is 1. The Bertz CT molecular complexity index is 596. The number of allylic oxidation sites excluding steroid dienone is 4. The van der Waals surface area contributed by atoms with Gasteiger partial charge in [0.05, 0.1) is 0 Å². The first-order valence-electron chi connectivity index (χ1n) is 7.72. The zero-order chi connectivity index (χ0) is 15.8. The maximum Gasteiger partial charge on any atom is 0.169 e. The molecule has 0 radical (unpaired) electrons. The number of benzene rings is 1. The highest BCUT2D eigenvalue weighted by Gasteiger charge is 2.36. The number of rotatable bonds is 3. The first kappa shape index (κ1) is 15.8. The van der Waals surface area contributed by atoms with Gasteiger partial charge in [0.15, 0.2) is 5.78 Å². The minimum atomic E-state index is -0.0645. The first-order valence-corrected chi connectivity index (χ1v) is 7.72. The van der Waals surface area contributed by atoms with Gasteiger partial charge in [-0.25, -0.2) is 0 Å². The molecular weight excluding hydrogens is 256 g/mol. The van der Waals surface area contributed by atoms with Crippen molar-refractivity contribution < 1.29 is 4.79 Å². The van der Waals surface area contributed by atoms with E-state index in [2.05, 4.69) is 47.6 Å². The smallest absolute Gasteiger partial charge is 0.169 e. The molecule has 1 aliphatic rings. The Morgan fingerprint density at radius 1 is 1.10 bits per heavy atom. The maximum atomic E-state index is 12.8. The standard InChI is InChI=1S/C20H26O/c1-13-12-17(20(4,5)6)18(14(13)2)15(3)19(21)16-10-8-7-9-11-16/h7-12,15,17H,1-6H3. The second-order valence-corrected chi connectivity index (χ2v) is 7.23. The van der Waals surface area contributed by atoms with Crippen LogP contribution in [0.1, 0.15) is 51.9 Å². The van der Waals surface area contributed by atoms with Gasteiger partial charge in [0.25, 0.3) is 0 Å². The fourth-order valence-electron chi connectivity index (χ4n) is 3.23. The summed E-state index contributed by atoms with van der Waals surface area (Å²) in [6, 6.07) is 9.64. The topological polar surface area (TPSA) is 17.1 Å². The molecule has 21 heavy (non-hydrogen) atoms. The summed E-state index contributed by atoms with van der Waals surface area (Å²) < 4.78 is 0. The van der Waals surface area contributed by atoms with Gasteiger partial charge in [-0.1, -0.05) is 69.7 Å². The molecule has 0 amide bonds. The molecule has 0 heterocycles. The van der Waals surface area contributed by atoms with Crippen LogP contribution in [-0.2, 0) is 0 Å². The maximum absolute atomic E-state index is 12.8. The third-order valence-corrected chi connectivity index (χ3v) is 4.63. The van der Waals surface area contributed by atoms with Crippen molar-refractivity contribution in [2.24, 2.45) is 17.3 Å². The second kappa shape index (κ2) is 5.63. The molecule has 1 heteroatoms. The molecule has 2 rings (SSSR count). The zero-order valence-electron chi connectivity index (χ0n) is 14.0. The van der Waals surface area contributed by atoms with Gasteiger partial charge in [-0.15, -0.1) is 0 Å². The molecule has 0 saturated heterocycles. The first-order chi connectivity index (χ1) is 9.73. The number of carbonyl (C=O) groups is 1. The third-order valence-electron chi connectivity index (χ3n) is 4.63. The summed E-state index contributed by atoms with van der Waals surface area (Å²) in [5.74, 6) is 0.507. The molecule has 1 aliphatic carbocycles. The molecule has 0 N–H and O–H groups in total. The van der Waals surface area contributed by atoms with Crippen LogP contribution in [-0.4, -0.2) is 5.78 Å². The van der Waals surface area contributed by atoms with E-state index < -0.39 is 0 Å². The van der Waals surface area contributed by atoms with E-state index >= 15 is 0 Å². The molecule has 0 bridgehead atoms. The quantitative estimate of drug-likeness (QED) is 0.674. The van der Waals surface area contributed by atoms with Crippen molar-refractivity contribution in [2.75, 3.05) is 0 Å². The predicted octanol–water partition coefficient (Wildman–Crippen LogP) is 5.44. The van der Waals surface area contributed by atoms with Gasteiger partial charge in [-0.2, -0.15) is 0 Å². The number of Topliss-reactive ketones (excluding diaryl/α,β-unsaturated/α-hetero) is 1. The molecule has 1 nitrogen and oxygen atoms in total. The van der Waals surface area contributed by atoms with Gasteiger partial charge in [0.1, 0.15) is 0 Å². The van der Waals surface area contributed by atoms with E-state index in [1.165, 1.54) is 16.7 Å². The molecule has 0 aliphatic heterocycles. The lowest BCUT2D eigenvalue weighted by atomic mass is 9.72. The summed E-state index contributed by atoms with van der Waals surface area (Å²) in [5, 5.41) is 0. The van der Waals surface area contributed by atoms with E-state index in [1.54, 1.807) is 0 Å². The van der Waals surface area contributed by atoms with Crippen LogP contribution in [0.3, 0.4) is 0 Å². The molecule has 0 aromatic heterocycles. The summed E-state index contributed by atoms with van der Waals surface area (Å²) in [7, 11) is 0. The Labute approximate surface area is 128 Å². The Balaban J connectivity index is 2.38. The van der Waals surface area contributed by atoms with Gasteiger partial charge >= 0.3 is 0 Å². The fourth-order valence-corrected chi connectivity index (χ4v) is 3.23. The summed E-state index contributed by atoms with van der Waals surface area (Å²) in [6.45, 7) is 13.1. The van der Waals surface area contributed by atoms with E-state index in [-0.39, 0.29) is 17.1 Å². The van der Waals surface area contributed by atoms with Crippen LogP contribution in [0.5, 0.6) is 0 Å². The van der Waals surface area contributed by atoms with Crippen LogP contribution in [0.15, 0.2) is 53.1 Å². The van der Waals surface area contributed by atoms with E-state index in [9.17, 15) is 4.79 Å². The molecule has 0 spiro atoms. The van der Waals surface area contributed by atoms with Crippen molar-refractivity contribution in [3.05, 3.63) is 58.7 Å². The molecule has 0 saturated carbocycles. The molecule has 2 unspecified atom stereocenters. The molecule has 1 aromatic rings. The highest BCUT2D eigenvalue weighted by molar-refractivity contribution is 5.99. The SMILES string of the molecule is CC1=CC(C(C)(C)C)C(C(C)C(=O)c2ccccc2)=C1C. The van der Waals surface area contributed by atoms with Gasteiger partial charge < -0.3 is 0 Å². The lowest BCUT2D eigenvalue weighted by Gasteiger charge is -2.31. The Kier molecular flexibility index (Phi) is 4.22. The number of hydrogen-bond acceptors (Lipinski definition) is 1. The highest BCUT2D eigenvalue weighted by atomic mass is 16.1.